The van der Waals surface area contributed by atoms with Gasteiger partial charge in [0.05, 0.1) is 24.1 Å². The first-order valence-corrected chi connectivity index (χ1v) is 14.5. The molecule has 6 unspecified atom stereocenters. The molecule has 0 aliphatic heterocycles. The van der Waals surface area contributed by atoms with Crippen LogP contribution < -0.4 is 11.1 Å². The van der Waals surface area contributed by atoms with Crippen LogP contribution in [0.2, 0.25) is 0 Å². The van der Waals surface area contributed by atoms with Gasteiger partial charge in [0.2, 0.25) is 5.91 Å². The molecule has 2 saturated carbocycles. The molecule has 1 heterocycles. The fourth-order valence-electron chi connectivity index (χ4n) is 7.38. The number of phenols is 1. The molecular weight excluding hydrogens is 566 g/mol. The number of aromatic hydroxyl groups is 1. The number of rotatable bonds is 7. The summed E-state index contributed by atoms with van der Waals surface area (Å²) in [7, 11) is 3.10. The predicted octanol–water partition coefficient (Wildman–Crippen LogP) is 1.42. The molecule has 3 aliphatic carbocycles. The minimum absolute atomic E-state index is 0.0220. The number of furan rings is 1. The molecule has 228 valence electrons. The van der Waals surface area contributed by atoms with E-state index in [9.17, 15) is 34.2 Å². The maximum Gasteiger partial charge on any atom is 0.235 e. The normalized spacial score (nSPS) is 28.0. The number of primary amides is 1. The van der Waals surface area contributed by atoms with Crippen LogP contribution >= 0.6 is 0 Å². The molecule has 0 radical (unpaired) electrons. The summed E-state index contributed by atoms with van der Waals surface area (Å²) in [5.41, 5.74) is 4.72. The number of carbonyl (C=O) groups excluding carboxylic acids is 5. The van der Waals surface area contributed by atoms with Crippen molar-refractivity contribution in [3.63, 3.8) is 0 Å². The Hall–Kier alpha value is -4.45. The minimum Gasteiger partial charge on any atom is -0.507 e. The number of amides is 1. The van der Waals surface area contributed by atoms with E-state index < -0.39 is 64.4 Å². The predicted molar refractivity (Wildman–Crippen MR) is 156 cm³/mol. The van der Waals surface area contributed by atoms with Crippen molar-refractivity contribution in [1.29, 1.82) is 0 Å². The van der Waals surface area contributed by atoms with Crippen molar-refractivity contribution in [2.75, 3.05) is 14.1 Å². The van der Waals surface area contributed by atoms with E-state index in [2.05, 4.69) is 5.32 Å². The number of benzene rings is 2. The maximum absolute atomic E-state index is 14.0. The lowest BCUT2D eigenvalue weighted by molar-refractivity contribution is -0.181. The van der Waals surface area contributed by atoms with Crippen LogP contribution in [0, 0.1) is 23.7 Å². The lowest BCUT2D eigenvalue weighted by atomic mass is 9.52. The van der Waals surface area contributed by atoms with E-state index in [0.717, 1.165) is 5.56 Å². The SMILES string of the molecule is CN(C)C1C(=O)C(C(N)=O)C(=O)C2(O)C(=O)C3C(=O)c4c(O)ccc(-c5ccc(CNCc6ccccc6)o5)c4CC3CC12. The van der Waals surface area contributed by atoms with E-state index in [-0.39, 0.29) is 24.2 Å². The van der Waals surface area contributed by atoms with Crippen LogP contribution in [0.5, 0.6) is 5.75 Å². The van der Waals surface area contributed by atoms with Gasteiger partial charge in [0.1, 0.15) is 17.3 Å². The number of hydrogen-bond donors (Lipinski definition) is 4. The molecule has 6 rings (SSSR count). The van der Waals surface area contributed by atoms with Crippen molar-refractivity contribution >= 4 is 29.0 Å². The zero-order chi connectivity index (χ0) is 31.5. The van der Waals surface area contributed by atoms with Gasteiger partial charge in [-0.2, -0.15) is 0 Å². The first-order chi connectivity index (χ1) is 20.9. The van der Waals surface area contributed by atoms with Crippen molar-refractivity contribution in [1.82, 2.24) is 10.2 Å². The van der Waals surface area contributed by atoms with Crippen LogP contribution in [0.15, 0.2) is 59.0 Å². The average molecular weight is 600 g/mol. The Labute approximate surface area is 253 Å². The van der Waals surface area contributed by atoms with Crippen LogP contribution in [-0.2, 0) is 38.7 Å². The first kappa shape index (κ1) is 29.6. The molecule has 3 aromatic rings. The second-order valence-electron chi connectivity index (χ2n) is 12.1. The Morgan fingerprint density at radius 2 is 1.75 bits per heavy atom. The van der Waals surface area contributed by atoms with E-state index in [1.54, 1.807) is 26.2 Å². The fourth-order valence-corrected chi connectivity index (χ4v) is 7.38. The van der Waals surface area contributed by atoms with Crippen molar-refractivity contribution < 1.29 is 38.6 Å². The summed E-state index contributed by atoms with van der Waals surface area (Å²) in [6.07, 6.45) is 0.129. The number of hydrogen-bond acceptors (Lipinski definition) is 10. The van der Waals surface area contributed by atoms with Gasteiger partial charge in [0, 0.05) is 18.0 Å². The lowest BCUT2D eigenvalue weighted by Crippen LogP contribution is -2.74. The molecule has 1 amide bonds. The third-order valence-corrected chi connectivity index (χ3v) is 9.34. The topological polar surface area (TPSA) is 180 Å². The summed E-state index contributed by atoms with van der Waals surface area (Å²) >= 11 is 0. The molecule has 44 heavy (non-hydrogen) atoms. The highest BCUT2D eigenvalue weighted by atomic mass is 16.3. The Kier molecular flexibility index (Phi) is 7.35. The van der Waals surface area contributed by atoms with E-state index in [0.29, 0.717) is 35.7 Å². The highest BCUT2D eigenvalue weighted by molar-refractivity contribution is 6.32. The zero-order valence-electron chi connectivity index (χ0n) is 24.3. The summed E-state index contributed by atoms with van der Waals surface area (Å²) in [5.74, 6) is -9.66. The van der Waals surface area contributed by atoms with E-state index in [4.69, 9.17) is 10.2 Å². The van der Waals surface area contributed by atoms with Gasteiger partial charge >= 0.3 is 0 Å². The van der Waals surface area contributed by atoms with Gasteiger partial charge in [-0.1, -0.05) is 30.3 Å². The number of likely N-dealkylation sites (N-methyl/N-ethyl adjacent to an activating group) is 1. The molecule has 5 N–H and O–H groups in total. The second-order valence-corrected chi connectivity index (χ2v) is 12.1. The van der Waals surface area contributed by atoms with Crippen molar-refractivity contribution in [3.8, 4) is 17.1 Å². The number of fused-ring (bicyclic) bond motifs is 3. The summed E-state index contributed by atoms with van der Waals surface area (Å²) in [6.45, 7) is 1.09. The number of nitrogens with two attached hydrogens (primary N) is 1. The van der Waals surface area contributed by atoms with E-state index in [1.807, 2.05) is 36.4 Å². The lowest BCUT2D eigenvalue weighted by Gasteiger charge is -2.52. The quantitative estimate of drug-likeness (QED) is 0.290. The standard InChI is InChI=1S/C33H33N3O8/c1-36(2)27-21-13-17-12-20-19(23-11-8-18(44-23)15-35-14-16-6-4-3-5-7-16)9-10-22(37)25(20)28(38)24(17)30(40)33(21,43)31(41)26(29(27)39)32(34)42/h3-11,17,21,24,26-27,35,37,43H,12-15H2,1-2H3,(H2,34,42). The number of aliphatic hydroxyl groups is 1. The van der Waals surface area contributed by atoms with Crippen LogP contribution in [0.25, 0.3) is 11.3 Å². The summed E-state index contributed by atoms with van der Waals surface area (Å²) in [6, 6.07) is 15.3. The molecule has 2 fully saturated rings. The van der Waals surface area contributed by atoms with Gasteiger partial charge in [-0.15, -0.1) is 0 Å². The van der Waals surface area contributed by atoms with Crippen LogP contribution in [0.1, 0.15) is 33.7 Å². The van der Waals surface area contributed by atoms with Gasteiger partial charge in [0.25, 0.3) is 0 Å². The van der Waals surface area contributed by atoms with Gasteiger partial charge in [-0.25, -0.2) is 0 Å². The molecule has 1 aromatic heterocycles. The fraction of sp³-hybridized carbons (Fsp3) is 0.364. The van der Waals surface area contributed by atoms with Crippen LogP contribution in [0.3, 0.4) is 0 Å². The number of ketones is 4. The number of carbonyl (C=O) groups is 5. The van der Waals surface area contributed by atoms with Crippen LogP contribution in [-0.4, -0.2) is 69.9 Å². The van der Waals surface area contributed by atoms with Gasteiger partial charge in [0.15, 0.2) is 34.7 Å². The Morgan fingerprint density at radius 1 is 1.02 bits per heavy atom. The molecule has 11 heteroatoms. The number of Topliss-reactive ketones (excluding diaryl/α,β-unsaturated/α-hetero) is 4. The first-order valence-electron chi connectivity index (χ1n) is 14.5. The minimum atomic E-state index is -2.76. The average Bonchev–Trinajstić information content (AvgIpc) is 3.44. The van der Waals surface area contributed by atoms with Gasteiger partial charge < -0.3 is 25.7 Å². The Balaban J connectivity index is 1.34. The Bertz CT molecular complexity index is 1700. The third-order valence-electron chi connectivity index (χ3n) is 9.34. The summed E-state index contributed by atoms with van der Waals surface area (Å²) in [5, 5.41) is 25.8. The summed E-state index contributed by atoms with van der Waals surface area (Å²) < 4.78 is 6.12. The molecule has 0 spiro atoms. The number of phenolic OH excluding ortho intramolecular Hbond substituents is 1. The van der Waals surface area contributed by atoms with E-state index in [1.165, 1.54) is 11.0 Å². The molecular formula is C33H33N3O8. The molecule has 2 aromatic carbocycles. The molecule has 0 saturated heterocycles. The van der Waals surface area contributed by atoms with Gasteiger partial charge in [-0.05, 0) is 68.2 Å². The van der Waals surface area contributed by atoms with Crippen LogP contribution in [0.4, 0.5) is 0 Å². The van der Waals surface area contributed by atoms with Crippen molar-refractivity contribution in [2.45, 2.75) is 37.6 Å². The summed E-state index contributed by atoms with van der Waals surface area (Å²) in [4.78, 5) is 68.2. The third kappa shape index (κ3) is 4.50. The molecule has 11 nitrogen and oxygen atoms in total. The largest absolute Gasteiger partial charge is 0.507 e. The molecule has 6 atom stereocenters. The molecule has 3 aliphatic rings. The monoisotopic (exact) mass is 599 g/mol. The zero-order valence-corrected chi connectivity index (χ0v) is 24.3. The highest BCUT2D eigenvalue weighted by Gasteiger charge is 2.69. The Morgan fingerprint density at radius 3 is 2.43 bits per heavy atom. The molecule has 0 bridgehead atoms. The maximum atomic E-state index is 14.0. The number of nitrogens with zero attached hydrogens (tertiary/aromatic N) is 1. The highest BCUT2D eigenvalue weighted by Crippen LogP contribution is 2.51. The van der Waals surface area contributed by atoms with E-state index >= 15 is 0 Å². The van der Waals surface area contributed by atoms with Gasteiger partial charge in [-0.3, -0.25) is 28.9 Å². The second kappa shape index (κ2) is 10.9. The smallest absolute Gasteiger partial charge is 0.235 e. The van der Waals surface area contributed by atoms with Crippen molar-refractivity contribution in [3.05, 3.63) is 77.0 Å². The van der Waals surface area contributed by atoms with Crippen molar-refractivity contribution in [2.24, 2.45) is 29.4 Å². The number of nitrogens with one attached hydrogen (secondary N) is 1.